The van der Waals surface area contributed by atoms with Crippen molar-refractivity contribution in [3.63, 3.8) is 0 Å². The Bertz CT molecular complexity index is 1280. The van der Waals surface area contributed by atoms with Crippen molar-refractivity contribution in [2.75, 3.05) is 6.61 Å². The Balaban J connectivity index is 1.21. The average Bonchev–Trinajstić information content (AvgIpc) is 3.76. The summed E-state index contributed by atoms with van der Waals surface area (Å²) in [5.41, 5.74) is -0.0558. The molecule has 0 bridgehead atoms. The normalized spacial score (nSPS) is 15.9. The van der Waals surface area contributed by atoms with Crippen LogP contribution in [-0.2, 0) is 10.0 Å². The molecule has 2 heterocycles. The molecule has 5 rings (SSSR count). The molecule has 1 aromatic carbocycles. The predicted octanol–water partition coefficient (Wildman–Crippen LogP) is 4.24. The summed E-state index contributed by atoms with van der Waals surface area (Å²) in [5.74, 6) is 2.58. The van der Waals surface area contributed by atoms with E-state index in [0.717, 1.165) is 24.2 Å². The van der Waals surface area contributed by atoms with E-state index in [2.05, 4.69) is 10.1 Å². The Morgan fingerprint density at radius 3 is 2.44 bits per heavy atom. The number of carbonyl (C=O) groups excluding carboxylic acids is 1. The molecule has 0 aliphatic heterocycles. The second-order valence-electron chi connectivity index (χ2n) is 8.83. The van der Waals surface area contributed by atoms with Crippen molar-refractivity contribution in [1.82, 2.24) is 19.5 Å². The molecular weight excluding hydrogens is 476 g/mol. The molecule has 2 aliphatic rings. The Kier molecular flexibility index (Phi) is 6.31. The van der Waals surface area contributed by atoms with Crippen LogP contribution < -0.4 is 9.46 Å². The summed E-state index contributed by atoms with van der Waals surface area (Å²) in [5, 5.41) is 4.26. The van der Waals surface area contributed by atoms with Gasteiger partial charge in [0.15, 0.2) is 5.82 Å². The zero-order chi connectivity index (χ0) is 23.7. The SMILES string of the molecule is O=C(NS(=O)(=O)c1ccccc1)c1ccc(-n2ccc(OCCC(C3CC3)C3CC3)n2)nc1Cl. The minimum absolute atomic E-state index is 0.0197. The van der Waals surface area contributed by atoms with E-state index in [0.29, 0.717) is 18.3 Å². The third kappa shape index (κ3) is 5.26. The molecule has 10 heteroatoms. The van der Waals surface area contributed by atoms with Crippen molar-refractivity contribution >= 4 is 27.5 Å². The van der Waals surface area contributed by atoms with Gasteiger partial charge in [-0.2, -0.15) is 0 Å². The average molecular weight is 501 g/mol. The third-order valence-corrected chi connectivity index (χ3v) is 7.95. The molecule has 1 amide bonds. The smallest absolute Gasteiger partial charge is 0.268 e. The van der Waals surface area contributed by atoms with Crippen molar-refractivity contribution < 1.29 is 17.9 Å². The number of halogens is 1. The van der Waals surface area contributed by atoms with E-state index in [4.69, 9.17) is 16.3 Å². The molecule has 8 nitrogen and oxygen atoms in total. The van der Waals surface area contributed by atoms with Crippen LogP contribution in [0.15, 0.2) is 59.6 Å². The van der Waals surface area contributed by atoms with Crippen LogP contribution in [0.1, 0.15) is 42.5 Å². The van der Waals surface area contributed by atoms with Crippen LogP contribution in [0.5, 0.6) is 5.88 Å². The third-order valence-electron chi connectivity index (χ3n) is 6.31. The van der Waals surface area contributed by atoms with Gasteiger partial charge in [0.25, 0.3) is 15.9 Å². The quantitative estimate of drug-likeness (QED) is 0.417. The standard InChI is InChI=1S/C24H25ClN4O4S/c25-23-20(24(30)28-34(31,32)18-4-2-1-3-5-18)10-11-21(26-23)29-14-12-22(27-29)33-15-13-19(16-6-7-16)17-8-9-17/h1-5,10-12,14,16-17,19H,6-9,13,15H2,(H,28,30). The van der Waals surface area contributed by atoms with Gasteiger partial charge in [0, 0.05) is 12.3 Å². The first-order valence-electron chi connectivity index (χ1n) is 11.4. The summed E-state index contributed by atoms with van der Waals surface area (Å²) >= 11 is 6.21. The lowest BCUT2D eigenvalue weighted by molar-refractivity contribution is 0.0981. The van der Waals surface area contributed by atoms with E-state index < -0.39 is 15.9 Å². The van der Waals surface area contributed by atoms with Gasteiger partial charge in [-0.05, 0) is 74.1 Å². The van der Waals surface area contributed by atoms with E-state index in [1.54, 1.807) is 36.5 Å². The minimum Gasteiger partial charge on any atom is -0.477 e. The van der Waals surface area contributed by atoms with Crippen molar-refractivity contribution in [3.8, 4) is 11.7 Å². The van der Waals surface area contributed by atoms with Gasteiger partial charge in [-0.1, -0.05) is 29.8 Å². The molecule has 34 heavy (non-hydrogen) atoms. The fourth-order valence-electron chi connectivity index (χ4n) is 4.27. The van der Waals surface area contributed by atoms with Gasteiger partial charge in [-0.25, -0.2) is 22.8 Å². The Morgan fingerprint density at radius 1 is 1.09 bits per heavy atom. The fraction of sp³-hybridized carbons (Fsp3) is 0.375. The number of sulfonamides is 1. The summed E-state index contributed by atoms with van der Waals surface area (Å²) < 4.78 is 34.2. The highest BCUT2D eigenvalue weighted by Crippen LogP contribution is 2.50. The van der Waals surface area contributed by atoms with E-state index in [1.807, 2.05) is 4.72 Å². The number of rotatable bonds is 10. The molecular formula is C24H25ClN4O4S. The number of ether oxygens (including phenoxy) is 1. The van der Waals surface area contributed by atoms with Crippen LogP contribution in [0.2, 0.25) is 5.15 Å². The van der Waals surface area contributed by atoms with Crippen LogP contribution in [0, 0.1) is 17.8 Å². The number of carbonyl (C=O) groups is 1. The van der Waals surface area contributed by atoms with Gasteiger partial charge in [0.2, 0.25) is 5.88 Å². The first kappa shape index (κ1) is 22.9. The monoisotopic (exact) mass is 500 g/mol. The van der Waals surface area contributed by atoms with Gasteiger partial charge in [-0.3, -0.25) is 4.79 Å². The Morgan fingerprint density at radius 2 is 1.79 bits per heavy atom. The molecule has 2 saturated carbocycles. The molecule has 2 aromatic heterocycles. The summed E-state index contributed by atoms with van der Waals surface area (Å²) in [6, 6.07) is 12.3. The van der Waals surface area contributed by atoms with Crippen LogP contribution in [0.4, 0.5) is 0 Å². The maximum Gasteiger partial charge on any atom is 0.268 e. The molecule has 2 fully saturated rings. The molecule has 0 spiro atoms. The van der Waals surface area contributed by atoms with Crippen molar-refractivity contribution in [3.05, 3.63) is 65.4 Å². The highest BCUT2D eigenvalue weighted by Gasteiger charge is 2.40. The van der Waals surface area contributed by atoms with Crippen LogP contribution in [0.3, 0.4) is 0 Å². The summed E-state index contributed by atoms with van der Waals surface area (Å²) in [6.45, 7) is 0.637. The van der Waals surface area contributed by atoms with E-state index in [9.17, 15) is 13.2 Å². The lowest BCUT2D eigenvalue weighted by Gasteiger charge is -2.14. The van der Waals surface area contributed by atoms with Crippen molar-refractivity contribution in [1.29, 1.82) is 0 Å². The van der Waals surface area contributed by atoms with Crippen LogP contribution in [0.25, 0.3) is 5.82 Å². The number of nitrogens with one attached hydrogen (secondary N) is 1. The Labute approximate surface area is 203 Å². The summed E-state index contributed by atoms with van der Waals surface area (Å²) in [7, 11) is -4.02. The summed E-state index contributed by atoms with van der Waals surface area (Å²) in [4.78, 5) is 16.7. The van der Waals surface area contributed by atoms with E-state index in [1.165, 1.54) is 48.6 Å². The number of hydrogen-bond donors (Lipinski definition) is 1. The molecule has 1 N–H and O–H groups in total. The highest BCUT2D eigenvalue weighted by atomic mass is 35.5. The van der Waals surface area contributed by atoms with Crippen molar-refractivity contribution in [2.45, 2.75) is 37.0 Å². The van der Waals surface area contributed by atoms with E-state index >= 15 is 0 Å². The molecule has 0 radical (unpaired) electrons. The van der Waals surface area contributed by atoms with Crippen LogP contribution >= 0.6 is 11.6 Å². The summed E-state index contributed by atoms with van der Waals surface area (Å²) in [6.07, 6.45) is 8.18. The maximum atomic E-state index is 12.5. The molecule has 0 saturated heterocycles. The first-order valence-corrected chi connectivity index (χ1v) is 13.2. The van der Waals surface area contributed by atoms with Gasteiger partial charge < -0.3 is 4.74 Å². The fourth-order valence-corrected chi connectivity index (χ4v) is 5.50. The lowest BCUT2D eigenvalue weighted by Crippen LogP contribution is -2.31. The lowest BCUT2D eigenvalue weighted by atomic mass is 9.95. The molecule has 0 atom stereocenters. The minimum atomic E-state index is -4.02. The number of hydrogen-bond acceptors (Lipinski definition) is 6. The first-order chi connectivity index (χ1) is 16.4. The van der Waals surface area contributed by atoms with Gasteiger partial charge in [-0.15, -0.1) is 5.10 Å². The van der Waals surface area contributed by atoms with Crippen LogP contribution in [-0.4, -0.2) is 35.7 Å². The maximum absolute atomic E-state index is 12.5. The molecule has 0 unspecified atom stereocenters. The molecule has 2 aliphatic carbocycles. The topological polar surface area (TPSA) is 103 Å². The second kappa shape index (κ2) is 9.38. The number of nitrogens with zero attached hydrogens (tertiary/aromatic N) is 3. The van der Waals surface area contributed by atoms with Crippen molar-refractivity contribution in [2.24, 2.45) is 17.8 Å². The zero-order valence-electron chi connectivity index (χ0n) is 18.4. The number of amides is 1. The second-order valence-corrected chi connectivity index (χ2v) is 10.9. The van der Waals surface area contributed by atoms with Gasteiger partial charge in [0.1, 0.15) is 5.15 Å². The predicted molar refractivity (Wildman–Crippen MR) is 127 cm³/mol. The van der Waals surface area contributed by atoms with Gasteiger partial charge >= 0.3 is 0 Å². The number of pyridine rings is 1. The highest BCUT2D eigenvalue weighted by molar-refractivity contribution is 7.90. The van der Waals surface area contributed by atoms with Gasteiger partial charge in [0.05, 0.1) is 17.1 Å². The molecule has 178 valence electrons. The zero-order valence-corrected chi connectivity index (χ0v) is 20.0. The largest absolute Gasteiger partial charge is 0.477 e. The number of benzene rings is 1. The van der Waals surface area contributed by atoms with E-state index in [-0.39, 0.29) is 15.6 Å². The molecule has 3 aromatic rings. The number of aromatic nitrogens is 3. The Hall–Kier alpha value is -2.91.